The van der Waals surface area contributed by atoms with Gasteiger partial charge in [0.15, 0.2) is 11.0 Å². The quantitative estimate of drug-likeness (QED) is 0.773. The second-order valence-electron chi connectivity index (χ2n) is 3.03. The van der Waals surface area contributed by atoms with Crippen molar-refractivity contribution in [3.8, 4) is 0 Å². The number of hydrogen-bond donors (Lipinski definition) is 2. The number of rotatable bonds is 2. The predicted molar refractivity (Wildman–Crippen MR) is 52.4 cm³/mol. The topological polar surface area (TPSA) is 66.0 Å². The van der Waals surface area contributed by atoms with Gasteiger partial charge in [-0.3, -0.25) is 4.79 Å². The first-order chi connectivity index (χ1) is 7.09. The molecule has 0 aromatic carbocycles. The SMILES string of the molecule is O=C(O)Cc1c[nH]c2c(Cl)ncc(F)c12. The minimum Gasteiger partial charge on any atom is -0.481 e. The van der Waals surface area contributed by atoms with Crippen LogP contribution in [0.4, 0.5) is 4.39 Å². The predicted octanol–water partition coefficient (Wildman–Crippen LogP) is 1.98. The Morgan fingerprint density at radius 1 is 1.67 bits per heavy atom. The highest BCUT2D eigenvalue weighted by Crippen LogP contribution is 2.26. The van der Waals surface area contributed by atoms with E-state index >= 15 is 0 Å². The molecule has 0 amide bonds. The fraction of sp³-hybridized carbons (Fsp3) is 0.111. The van der Waals surface area contributed by atoms with Crippen LogP contribution >= 0.6 is 11.6 Å². The number of halogens is 2. The van der Waals surface area contributed by atoms with Crippen molar-refractivity contribution in [2.45, 2.75) is 6.42 Å². The summed E-state index contributed by atoms with van der Waals surface area (Å²) < 4.78 is 13.4. The fourth-order valence-corrected chi connectivity index (χ4v) is 1.64. The molecule has 0 aliphatic heterocycles. The molecule has 0 fully saturated rings. The first-order valence-corrected chi connectivity index (χ1v) is 4.49. The molecule has 2 aromatic rings. The van der Waals surface area contributed by atoms with Crippen LogP contribution in [-0.4, -0.2) is 21.0 Å². The van der Waals surface area contributed by atoms with Gasteiger partial charge in [-0.05, 0) is 5.56 Å². The zero-order valence-electron chi connectivity index (χ0n) is 7.42. The monoisotopic (exact) mass is 228 g/mol. The van der Waals surface area contributed by atoms with Gasteiger partial charge in [-0.2, -0.15) is 0 Å². The molecular weight excluding hydrogens is 223 g/mol. The first-order valence-electron chi connectivity index (χ1n) is 4.11. The van der Waals surface area contributed by atoms with Crippen molar-refractivity contribution in [1.29, 1.82) is 0 Å². The average molecular weight is 229 g/mol. The number of aliphatic carboxylic acids is 1. The normalized spacial score (nSPS) is 10.8. The zero-order valence-corrected chi connectivity index (χ0v) is 8.18. The molecule has 2 heterocycles. The Kier molecular flexibility index (Phi) is 2.32. The highest BCUT2D eigenvalue weighted by molar-refractivity contribution is 6.33. The van der Waals surface area contributed by atoms with Gasteiger partial charge in [-0.15, -0.1) is 0 Å². The molecule has 0 bridgehead atoms. The molecule has 0 atom stereocenters. The molecule has 78 valence electrons. The van der Waals surface area contributed by atoms with Crippen LogP contribution in [-0.2, 0) is 11.2 Å². The van der Waals surface area contributed by atoms with Crippen LogP contribution in [0, 0.1) is 5.82 Å². The van der Waals surface area contributed by atoms with Crippen LogP contribution in [0.25, 0.3) is 10.9 Å². The fourth-order valence-electron chi connectivity index (χ4n) is 1.44. The molecule has 0 aliphatic carbocycles. The second-order valence-corrected chi connectivity index (χ2v) is 3.39. The van der Waals surface area contributed by atoms with Gasteiger partial charge in [0.2, 0.25) is 0 Å². The van der Waals surface area contributed by atoms with Gasteiger partial charge >= 0.3 is 5.97 Å². The van der Waals surface area contributed by atoms with Crippen LogP contribution in [0.5, 0.6) is 0 Å². The molecule has 0 unspecified atom stereocenters. The van der Waals surface area contributed by atoms with Gasteiger partial charge < -0.3 is 10.1 Å². The summed E-state index contributed by atoms with van der Waals surface area (Å²) >= 11 is 5.72. The van der Waals surface area contributed by atoms with E-state index < -0.39 is 11.8 Å². The number of aromatic amines is 1. The maximum Gasteiger partial charge on any atom is 0.307 e. The minimum absolute atomic E-state index is 0.128. The van der Waals surface area contributed by atoms with Crippen LogP contribution in [0.3, 0.4) is 0 Å². The Hall–Kier alpha value is -1.62. The molecule has 2 rings (SSSR count). The van der Waals surface area contributed by atoms with Gasteiger partial charge in [0.05, 0.1) is 18.1 Å². The standard InChI is InChI=1S/C9H6ClFN2O2/c10-9-8-7(5(11)3-13-9)4(2-12-8)1-6(14)15/h2-3,12H,1H2,(H,14,15). The Morgan fingerprint density at radius 2 is 2.40 bits per heavy atom. The Balaban J connectivity index is 2.67. The molecule has 6 heteroatoms. The van der Waals surface area contributed by atoms with Gasteiger partial charge in [-0.25, -0.2) is 9.37 Å². The van der Waals surface area contributed by atoms with E-state index in [2.05, 4.69) is 9.97 Å². The average Bonchev–Trinajstić information content (AvgIpc) is 2.56. The number of carboxylic acids is 1. The first kappa shape index (κ1) is 9.92. The maximum absolute atomic E-state index is 13.4. The van der Waals surface area contributed by atoms with Crippen LogP contribution in [0.15, 0.2) is 12.4 Å². The van der Waals surface area contributed by atoms with E-state index in [1.807, 2.05) is 0 Å². The summed E-state index contributed by atoms with van der Waals surface area (Å²) in [6.07, 6.45) is 2.15. The molecule has 0 radical (unpaired) electrons. The number of carboxylic acid groups (broad SMARTS) is 1. The van der Waals surface area contributed by atoms with Crippen molar-refractivity contribution in [2.75, 3.05) is 0 Å². The highest BCUT2D eigenvalue weighted by atomic mass is 35.5. The van der Waals surface area contributed by atoms with E-state index in [1.54, 1.807) is 0 Å². The lowest BCUT2D eigenvalue weighted by Crippen LogP contribution is -1.99. The van der Waals surface area contributed by atoms with Crippen molar-refractivity contribution >= 4 is 28.5 Å². The molecule has 2 aromatic heterocycles. The number of nitrogens with zero attached hydrogens (tertiary/aromatic N) is 1. The van der Waals surface area contributed by atoms with Crippen molar-refractivity contribution in [3.05, 3.63) is 28.9 Å². The molecule has 0 saturated carbocycles. The Morgan fingerprint density at radius 3 is 3.07 bits per heavy atom. The van der Waals surface area contributed by atoms with E-state index in [0.717, 1.165) is 6.20 Å². The number of pyridine rings is 1. The minimum atomic E-state index is -1.02. The van der Waals surface area contributed by atoms with Crippen molar-refractivity contribution in [3.63, 3.8) is 0 Å². The lowest BCUT2D eigenvalue weighted by molar-refractivity contribution is -0.136. The van der Waals surface area contributed by atoms with E-state index in [4.69, 9.17) is 16.7 Å². The van der Waals surface area contributed by atoms with E-state index in [1.165, 1.54) is 6.20 Å². The van der Waals surface area contributed by atoms with Gasteiger partial charge in [0.25, 0.3) is 0 Å². The maximum atomic E-state index is 13.4. The summed E-state index contributed by atoms with van der Waals surface area (Å²) in [4.78, 5) is 16.8. The number of fused-ring (bicyclic) bond motifs is 1. The van der Waals surface area contributed by atoms with E-state index in [0.29, 0.717) is 11.1 Å². The van der Waals surface area contributed by atoms with Crippen LogP contribution < -0.4 is 0 Å². The number of nitrogens with one attached hydrogen (secondary N) is 1. The van der Waals surface area contributed by atoms with E-state index in [9.17, 15) is 9.18 Å². The third kappa shape index (κ3) is 1.66. The Labute approximate surface area is 88.7 Å². The smallest absolute Gasteiger partial charge is 0.307 e. The summed E-state index contributed by atoms with van der Waals surface area (Å²) in [5.74, 6) is -1.60. The van der Waals surface area contributed by atoms with Crippen molar-refractivity contribution in [2.24, 2.45) is 0 Å². The summed E-state index contributed by atoms with van der Waals surface area (Å²) in [6, 6.07) is 0. The van der Waals surface area contributed by atoms with Crippen molar-refractivity contribution < 1.29 is 14.3 Å². The summed E-state index contributed by atoms with van der Waals surface area (Å²) in [6.45, 7) is 0. The van der Waals surface area contributed by atoms with Gasteiger partial charge in [0.1, 0.15) is 0 Å². The lowest BCUT2D eigenvalue weighted by atomic mass is 10.1. The number of hydrogen-bond acceptors (Lipinski definition) is 2. The van der Waals surface area contributed by atoms with Crippen LogP contribution in [0.2, 0.25) is 5.15 Å². The molecule has 2 N–H and O–H groups in total. The molecular formula is C9H6ClFN2O2. The second kappa shape index (κ2) is 3.51. The molecule has 0 spiro atoms. The number of H-pyrrole nitrogens is 1. The van der Waals surface area contributed by atoms with Crippen LogP contribution in [0.1, 0.15) is 5.56 Å². The zero-order chi connectivity index (χ0) is 11.0. The summed E-state index contributed by atoms with van der Waals surface area (Å²) in [5, 5.41) is 8.94. The molecule has 0 saturated heterocycles. The van der Waals surface area contributed by atoms with Gasteiger partial charge in [-0.1, -0.05) is 11.6 Å². The number of carbonyl (C=O) groups is 1. The Bertz CT molecular complexity index is 538. The lowest BCUT2D eigenvalue weighted by Gasteiger charge is -1.97. The largest absolute Gasteiger partial charge is 0.481 e. The molecule has 4 nitrogen and oxygen atoms in total. The third-order valence-corrected chi connectivity index (χ3v) is 2.33. The summed E-state index contributed by atoms with van der Waals surface area (Å²) in [7, 11) is 0. The van der Waals surface area contributed by atoms with Gasteiger partial charge in [0, 0.05) is 11.6 Å². The highest BCUT2D eigenvalue weighted by Gasteiger charge is 2.14. The third-order valence-electron chi connectivity index (χ3n) is 2.04. The van der Waals surface area contributed by atoms with E-state index in [-0.39, 0.29) is 17.0 Å². The molecule has 0 aliphatic rings. The van der Waals surface area contributed by atoms with Crippen molar-refractivity contribution in [1.82, 2.24) is 9.97 Å². The molecule has 15 heavy (non-hydrogen) atoms. The number of aromatic nitrogens is 2. The summed E-state index contributed by atoms with van der Waals surface area (Å²) in [5.41, 5.74) is 0.687.